The molecule has 0 aliphatic rings. The zero-order chi connectivity index (χ0) is 7.91. The van der Waals surface area contributed by atoms with Crippen molar-refractivity contribution in [1.29, 1.82) is 0 Å². The van der Waals surface area contributed by atoms with Gasteiger partial charge in [-0.15, -0.1) is 0 Å². The quantitative estimate of drug-likeness (QED) is 0.431. The number of hydrogen-bond donors (Lipinski definition) is 3. The van der Waals surface area contributed by atoms with Crippen LogP contribution in [-0.2, 0) is 11.2 Å². The normalized spacial score (nSPS) is 9.40. The second-order valence-corrected chi connectivity index (χ2v) is 18.8. The van der Waals surface area contributed by atoms with Crippen molar-refractivity contribution in [3.05, 3.63) is 0 Å². The van der Waals surface area contributed by atoms with E-state index in [4.69, 9.17) is 10.8 Å². The molecule has 0 saturated carbocycles. The molecule has 0 radical (unpaired) electrons. The first kappa shape index (κ1) is 17.9. The predicted octanol–water partition coefficient (Wildman–Crippen LogP) is 1.65. The molecule has 3 nitrogen and oxygen atoms in total. The maximum atomic E-state index is 8.28. The number of nitrogens with two attached hydrogens (primary N) is 1. The number of hydrogen-bond acceptors (Lipinski definition) is 3. The summed E-state index contributed by atoms with van der Waals surface area (Å²) in [7, 11) is 0. The molecule has 0 fully saturated rings. The second kappa shape index (κ2) is 11.0. The third kappa shape index (κ3) is 32.3. The van der Waals surface area contributed by atoms with Crippen molar-refractivity contribution in [1.82, 2.24) is 6.15 Å². The van der Waals surface area contributed by atoms with Crippen LogP contribution in [0.5, 0.6) is 0 Å². The molecule has 6 N–H and O–H groups in total. The minimum atomic E-state index is -0.403. The summed E-state index contributed by atoms with van der Waals surface area (Å²) in [5.74, 6) is 0. The summed E-state index contributed by atoms with van der Waals surface area (Å²) in [6.07, 6.45) is 0. The topological polar surface area (TPSA) is 81.2 Å². The number of aliphatic hydroxyl groups excluding tert-OH is 1. The van der Waals surface area contributed by atoms with Crippen molar-refractivity contribution in [2.75, 3.05) is 6.61 Å². The van der Waals surface area contributed by atoms with Crippen LogP contribution in [0.1, 0.15) is 13.8 Å². The Bertz CT molecular complexity index is 59.7. The van der Waals surface area contributed by atoms with Crippen molar-refractivity contribution >= 4 is 38.7 Å². The molecule has 0 spiro atoms. The van der Waals surface area contributed by atoms with Crippen LogP contribution in [0.15, 0.2) is 0 Å². The van der Waals surface area contributed by atoms with E-state index in [1.807, 2.05) is 0 Å². The van der Waals surface area contributed by atoms with Crippen LogP contribution in [0.3, 0.4) is 0 Å². The van der Waals surface area contributed by atoms with Gasteiger partial charge in [0.15, 0.2) is 0 Å². The molecule has 0 atom stereocenters. The van der Waals surface area contributed by atoms with Crippen LogP contribution >= 0.6 is 38.7 Å². The third-order valence-corrected chi connectivity index (χ3v) is 0.408. The van der Waals surface area contributed by atoms with E-state index in [1.54, 1.807) is 13.8 Å². The Kier molecular flexibility index (Phi) is 19.8. The third-order valence-electron chi connectivity index (χ3n) is 0.408. The van der Waals surface area contributed by atoms with Gasteiger partial charge in [0, 0.05) is 5.54 Å². The first-order chi connectivity index (χ1) is 3.97. The van der Waals surface area contributed by atoms with Crippen LogP contribution in [0.4, 0.5) is 0 Å². The molecule has 0 bridgehead atoms. The molecule has 0 aromatic carbocycles. The van der Waals surface area contributed by atoms with Gasteiger partial charge < -0.3 is 17.0 Å². The monoisotopic (exact) mass is 555 g/mol. The van der Waals surface area contributed by atoms with Gasteiger partial charge in [-0.1, -0.05) is 0 Å². The Labute approximate surface area is 91.7 Å². The van der Waals surface area contributed by atoms with Crippen LogP contribution in [0.25, 0.3) is 0 Å². The van der Waals surface area contributed by atoms with Crippen molar-refractivity contribution < 1.29 is 16.3 Å². The number of aliphatic hydroxyl groups is 1. The Hall–Kier alpha value is 2.03. The van der Waals surface area contributed by atoms with E-state index in [2.05, 4.69) is 38.7 Å². The molecule has 70 valence electrons. The van der Waals surface area contributed by atoms with Gasteiger partial charge in [-0.05, 0) is 13.8 Å². The Morgan fingerprint density at radius 3 is 1.60 bits per heavy atom. The van der Waals surface area contributed by atoms with E-state index < -0.39 is 5.54 Å². The fourth-order valence-electron chi connectivity index (χ4n) is 0. The SMILES string of the molecule is CC(C)(N)CO.N.[I][Pt][I]. The molecule has 6 heteroatoms. The van der Waals surface area contributed by atoms with Gasteiger partial charge in [0.05, 0.1) is 6.61 Å². The zero-order valence-corrected chi connectivity index (χ0v) is 12.6. The molecule has 0 heterocycles. The molecular formula is C4H14I2N2OPt. The maximum absolute atomic E-state index is 8.28. The van der Waals surface area contributed by atoms with Crippen LogP contribution in [0, 0.1) is 0 Å². The van der Waals surface area contributed by atoms with Gasteiger partial charge in [-0.25, -0.2) is 0 Å². The second-order valence-electron chi connectivity index (χ2n) is 2.19. The summed E-state index contributed by atoms with van der Waals surface area (Å²) in [5.41, 5.74) is 4.88. The molecule has 0 aliphatic carbocycles. The Morgan fingerprint density at radius 2 is 1.60 bits per heavy atom. The van der Waals surface area contributed by atoms with E-state index in [0.29, 0.717) is 11.2 Å². The molecule has 0 rings (SSSR count). The van der Waals surface area contributed by atoms with Gasteiger partial charge in [0.2, 0.25) is 0 Å². The average molecular weight is 555 g/mol. The summed E-state index contributed by atoms with van der Waals surface area (Å²) < 4.78 is 0. The Balaban J connectivity index is -0.000000107. The first-order valence-electron chi connectivity index (χ1n) is 2.20. The van der Waals surface area contributed by atoms with Gasteiger partial charge >= 0.3 is 49.9 Å². The van der Waals surface area contributed by atoms with Crippen molar-refractivity contribution in [3.63, 3.8) is 0 Å². The summed E-state index contributed by atoms with van der Waals surface area (Å²) in [6, 6.07) is 0. The van der Waals surface area contributed by atoms with E-state index in [1.165, 1.54) is 0 Å². The predicted molar refractivity (Wildman–Crippen MR) is 58.4 cm³/mol. The molecule has 0 aromatic heterocycles. The van der Waals surface area contributed by atoms with E-state index in [9.17, 15) is 0 Å². The van der Waals surface area contributed by atoms with E-state index in [-0.39, 0.29) is 12.8 Å². The van der Waals surface area contributed by atoms with Crippen LogP contribution < -0.4 is 11.9 Å². The van der Waals surface area contributed by atoms with Gasteiger partial charge in [-0.2, -0.15) is 0 Å². The summed E-state index contributed by atoms with van der Waals surface area (Å²) in [4.78, 5) is 0. The summed E-state index contributed by atoms with van der Waals surface area (Å²) >= 11 is 5.30. The van der Waals surface area contributed by atoms with Crippen molar-refractivity contribution in [2.45, 2.75) is 19.4 Å². The molecule has 0 aromatic rings. The Morgan fingerprint density at radius 1 is 1.50 bits per heavy atom. The van der Waals surface area contributed by atoms with Crippen molar-refractivity contribution in [2.24, 2.45) is 5.73 Å². The van der Waals surface area contributed by atoms with Crippen LogP contribution in [0.2, 0.25) is 0 Å². The average Bonchev–Trinajstić information content (AvgIpc) is 1.67. The van der Waals surface area contributed by atoms with Crippen molar-refractivity contribution in [3.8, 4) is 0 Å². The fraction of sp³-hybridized carbons (Fsp3) is 1.00. The first-order valence-corrected chi connectivity index (χ1v) is 15.1. The molecule has 0 unspecified atom stereocenters. The molecule has 0 saturated heterocycles. The van der Waals surface area contributed by atoms with Gasteiger partial charge in [0.25, 0.3) is 0 Å². The number of halogens is 2. The minimum absolute atomic E-state index is 0. The van der Waals surface area contributed by atoms with Gasteiger partial charge in [0.1, 0.15) is 0 Å². The van der Waals surface area contributed by atoms with Crippen LogP contribution in [-0.4, -0.2) is 17.3 Å². The molecule has 0 aliphatic heterocycles. The summed E-state index contributed by atoms with van der Waals surface area (Å²) in [6.45, 7) is 3.59. The van der Waals surface area contributed by atoms with Gasteiger partial charge in [-0.3, -0.25) is 0 Å². The standard InChI is InChI=1S/C4H11NO.2HI.H3N.Pt/c1-4(2,5)3-6;;;;/h6H,3,5H2,1-2H3;2*1H;1H3;/q;;;;+2/p-2. The fourth-order valence-corrected chi connectivity index (χ4v) is 0. The van der Waals surface area contributed by atoms with E-state index in [0.717, 1.165) is 0 Å². The summed E-state index contributed by atoms with van der Waals surface area (Å²) in [5, 5.41) is 8.28. The number of rotatable bonds is 1. The molecule has 10 heavy (non-hydrogen) atoms. The zero-order valence-electron chi connectivity index (χ0n) is 6.01. The molecule has 0 amide bonds. The molecular weight excluding hydrogens is 541 g/mol. The van der Waals surface area contributed by atoms with E-state index >= 15 is 0 Å².